The number of hydrogen-bond acceptors (Lipinski definition) is 4. The number of carbonyl (C=O) groups is 3. The standard InChI is InChI=1S/C31H32N4O3/c1-19-6-8-20(9-7-19)25-12-13-30(2,3)29(38)35(25)18-26(36)33-23-11-10-21-16-31(17-22(21)15-23)24-5-4-14-32-27(24)34-28(31)37/h4-11,14-15,25H,12-13,16-18H2,1-3H3,(H,33,36)(H,32,34,37). The molecule has 1 saturated heterocycles. The van der Waals surface area contributed by atoms with Crippen LogP contribution in [0.5, 0.6) is 0 Å². The predicted octanol–water partition coefficient (Wildman–Crippen LogP) is 4.71. The monoisotopic (exact) mass is 508 g/mol. The van der Waals surface area contributed by atoms with Crippen molar-refractivity contribution in [3.05, 3.63) is 88.6 Å². The summed E-state index contributed by atoms with van der Waals surface area (Å²) in [5.74, 6) is 0.381. The average molecular weight is 509 g/mol. The fraction of sp³-hybridized carbons (Fsp3) is 0.355. The lowest BCUT2D eigenvalue weighted by molar-refractivity contribution is -0.150. The largest absolute Gasteiger partial charge is 0.326 e. The molecule has 3 amide bonds. The molecule has 2 unspecified atom stereocenters. The van der Waals surface area contributed by atoms with Crippen molar-refractivity contribution < 1.29 is 14.4 Å². The molecule has 0 bridgehead atoms. The Morgan fingerprint density at radius 2 is 1.84 bits per heavy atom. The summed E-state index contributed by atoms with van der Waals surface area (Å²) in [5, 5.41) is 5.94. The molecule has 0 saturated carbocycles. The number of aryl methyl sites for hydroxylation is 1. The van der Waals surface area contributed by atoms with Crippen LogP contribution >= 0.6 is 0 Å². The van der Waals surface area contributed by atoms with Gasteiger partial charge in [-0.1, -0.05) is 55.8 Å². The van der Waals surface area contributed by atoms with E-state index in [9.17, 15) is 14.4 Å². The Hall–Kier alpha value is -4.00. The number of pyridine rings is 1. The summed E-state index contributed by atoms with van der Waals surface area (Å²) in [6, 6.07) is 17.7. The van der Waals surface area contributed by atoms with Crippen LogP contribution in [0, 0.1) is 12.3 Å². The molecule has 1 aromatic heterocycles. The van der Waals surface area contributed by atoms with E-state index >= 15 is 0 Å². The Kier molecular flexibility index (Phi) is 5.63. The quantitative estimate of drug-likeness (QED) is 0.534. The molecule has 6 rings (SSSR count). The number of amides is 3. The fourth-order valence-electron chi connectivity index (χ4n) is 6.31. The number of carbonyl (C=O) groups excluding carboxylic acids is 3. The molecule has 1 fully saturated rings. The normalized spacial score (nSPS) is 23.2. The average Bonchev–Trinajstić information content (AvgIpc) is 3.40. The van der Waals surface area contributed by atoms with Gasteiger partial charge in [0.05, 0.1) is 11.5 Å². The topological polar surface area (TPSA) is 91.4 Å². The van der Waals surface area contributed by atoms with Gasteiger partial charge in [0.1, 0.15) is 12.4 Å². The Bertz CT molecular complexity index is 1460. The highest BCUT2D eigenvalue weighted by Crippen LogP contribution is 2.47. The number of rotatable bonds is 4. The first kappa shape index (κ1) is 24.3. The van der Waals surface area contributed by atoms with Crippen LogP contribution in [-0.2, 0) is 32.6 Å². The lowest BCUT2D eigenvalue weighted by atomic mass is 9.78. The Labute approximate surface area is 222 Å². The van der Waals surface area contributed by atoms with Gasteiger partial charge in [-0.2, -0.15) is 0 Å². The maximum Gasteiger partial charge on any atom is 0.244 e. The first-order chi connectivity index (χ1) is 18.2. The molecular weight excluding hydrogens is 476 g/mol. The van der Waals surface area contributed by atoms with E-state index in [1.807, 2.05) is 63.2 Å². The molecule has 2 atom stereocenters. The van der Waals surface area contributed by atoms with Crippen molar-refractivity contribution in [1.29, 1.82) is 0 Å². The van der Waals surface area contributed by atoms with E-state index in [-0.39, 0.29) is 30.3 Å². The summed E-state index contributed by atoms with van der Waals surface area (Å²) in [6.45, 7) is 5.93. The van der Waals surface area contributed by atoms with Crippen molar-refractivity contribution in [3.8, 4) is 0 Å². The van der Waals surface area contributed by atoms with E-state index in [1.165, 1.54) is 0 Å². The summed E-state index contributed by atoms with van der Waals surface area (Å²) in [5.41, 5.74) is 4.81. The van der Waals surface area contributed by atoms with Crippen LogP contribution in [0.25, 0.3) is 0 Å². The molecule has 1 aliphatic carbocycles. The third-order valence-corrected chi connectivity index (χ3v) is 8.50. The number of likely N-dealkylation sites (tertiary alicyclic amines) is 1. The number of aromatic nitrogens is 1. The Morgan fingerprint density at radius 3 is 2.63 bits per heavy atom. The van der Waals surface area contributed by atoms with Gasteiger partial charge in [0, 0.05) is 22.9 Å². The van der Waals surface area contributed by atoms with Gasteiger partial charge in [0.25, 0.3) is 0 Å². The van der Waals surface area contributed by atoms with E-state index in [0.717, 1.165) is 40.7 Å². The number of nitrogens with zero attached hydrogens (tertiary/aromatic N) is 2. The maximum absolute atomic E-state index is 13.4. The van der Waals surface area contributed by atoms with Crippen LogP contribution in [-0.4, -0.2) is 34.2 Å². The van der Waals surface area contributed by atoms with E-state index in [2.05, 4.69) is 27.8 Å². The van der Waals surface area contributed by atoms with Crippen LogP contribution in [0.4, 0.5) is 11.5 Å². The number of nitrogens with one attached hydrogen (secondary N) is 2. The van der Waals surface area contributed by atoms with Crippen molar-refractivity contribution in [3.63, 3.8) is 0 Å². The van der Waals surface area contributed by atoms with Crippen molar-refractivity contribution in [1.82, 2.24) is 9.88 Å². The second-order valence-corrected chi connectivity index (χ2v) is 11.6. The molecule has 2 aromatic carbocycles. The summed E-state index contributed by atoms with van der Waals surface area (Å²) in [4.78, 5) is 45.7. The van der Waals surface area contributed by atoms with Gasteiger partial charge in [-0.25, -0.2) is 4.98 Å². The molecule has 3 heterocycles. The summed E-state index contributed by atoms with van der Waals surface area (Å²) in [6.07, 6.45) is 4.45. The van der Waals surface area contributed by atoms with Crippen molar-refractivity contribution in [2.24, 2.45) is 5.41 Å². The van der Waals surface area contributed by atoms with Crippen molar-refractivity contribution in [2.75, 3.05) is 17.2 Å². The van der Waals surface area contributed by atoms with Gasteiger partial charge in [-0.3, -0.25) is 14.4 Å². The van der Waals surface area contributed by atoms with E-state index < -0.39 is 10.8 Å². The zero-order valence-corrected chi connectivity index (χ0v) is 22.0. The SMILES string of the molecule is Cc1ccc(C2CCC(C)(C)C(=O)N2CC(=O)Nc2ccc3c(c2)CC2(C3)C(=O)Nc3ncccc32)cc1. The molecule has 1 spiro atoms. The molecule has 2 aliphatic heterocycles. The van der Waals surface area contributed by atoms with E-state index in [0.29, 0.717) is 24.3 Å². The zero-order chi connectivity index (χ0) is 26.7. The molecule has 2 N–H and O–H groups in total. The van der Waals surface area contributed by atoms with E-state index in [1.54, 1.807) is 11.1 Å². The number of benzene rings is 2. The van der Waals surface area contributed by atoms with Crippen molar-refractivity contribution >= 4 is 29.2 Å². The highest BCUT2D eigenvalue weighted by Gasteiger charge is 2.51. The first-order valence-electron chi connectivity index (χ1n) is 13.2. The third-order valence-electron chi connectivity index (χ3n) is 8.50. The van der Waals surface area contributed by atoms with Crippen LogP contribution in [0.2, 0.25) is 0 Å². The predicted molar refractivity (Wildman–Crippen MR) is 146 cm³/mol. The Morgan fingerprint density at radius 1 is 1.08 bits per heavy atom. The minimum absolute atomic E-state index is 0.000101. The molecular formula is C31H32N4O3. The first-order valence-corrected chi connectivity index (χ1v) is 13.2. The van der Waals surface area contributed by atoms with Gasteiger partial charge in [0.2, 0.25) is 17.7 Å². The molecule has 3 aromatic rings. The number of fused-ring (bicyclic) bond motifs is 3. The van der Waals surface area contributed by atoms with Crippen LogP contribution in [0.15, 0.2) is 60.8 Å². The Balaban J connectivity index is 1.20. The molecule has 194 valence electrons. The minimum atomic E-state index is -0.651. The smallest absolute Gasteiger partial charge is 0.244 e. The van der Waals surface area contributed by atoms with Crippen LogP contribution in [0.3, 0.4) is 0 Å². The van der Waals surface area contributed by atoms with Gasteiger partial charge < -0.3 is 15.5 Å². The summed E-state index contributed by atoms with van der Waals surface area (Å²) < 4.78 is 0. The van der Waals surface area contributed by atoms with Crippen LogP contribution < -0.4 is 10.6 Å². The minimum Gasteiger partial charge on any atom is -0.326 e. The maximum atomic E-state index is 13.4. The third kappa shape index (κ3) is 3.97. The lowest BCUT2D eigenvalue weighted by Crippen LogP contribution is -2.50. The van der Waals surface area contributed by atoms with Gasteiger partial charge in [0.15, 0.2) is 0 Å². The van der Waals surface area contributed by atoms with Gasteiger partial charge in [-0.15, -0.1) is 0 Å². The number of piperidine rings is 1. The summed E-state index contributed by atoms with van der Waals surface area (Å²) in [7, 11) is 0. The van der Waals surface area contributed by atoms with Gasteiger partial charge >= 0.3 is 0 Å². The second kappa shape index (κ2) is 8.79. The van der Waals surface area contributed by atoms with Crippen molar-refractivity contribution in [2.45, 2.75) is 57.9 Å². The lowest BCUT2D eigenvalue weighted by Gasteiger charge is -2.43. The van der Waals surface area contributed by atoms with Crippen LogP contribution in [0.1, 0.15) is 60.5 Å². The molecule has 0 radical (unpaired) electrons. The zero-order valence-electron chi connectivity index (χ0n) is 22.0. The second-order valence-electron chi connectivity index (χ2n) is 11.6. The van der Waals surface area contributed by atoms with Gasteiger partial charge in [-0.05, 0) is 67.5 Å². The fourth-order valence-corrected chi connectivity index (χ4v) is 6.31. The molecule has 3 aliphatic rings. The number of anilines is 2. The molecule has 38 heavy (non-hydrogen) atoms. The molecule has 7 heteroatoms. The highest BCUT2D eigenvalue weighted by molar-refractivity contribution is 6.06. The molecule has 7 nitrogen and oxygen atoms in total. The van der Waals surface area contributed by atoms with E-state index in [4.69, 9.17) is 0 Å². The highest BCUT2D eigenvalue weighted by atomic mass is 16.2. The number of hydrogen-bond donors (Lipinski definition) is 2. The summed E-state index contributed by atoms with van der Waals surface area (Å²) >= 11 is 0.